The second kappa shape index (κ2) is 8.45. The van der Waals surface area contributed by atoms with Crippen molar-refractivity contribution in [3.8, 4) is 5.75 Å². The lowest BCUT2D eigenvalue weighted by molar-refractivity contribution is 0.0624. The van der Waals surface area contributed by atoms with Crippen molar-refractivity contribution in [3.63, 3.8) is 0 Å². The van der Waals surface area contributed by atoms with Crippen LogP contribution in [0.5, 0.6) is 5.75 Å². The van der Waals surface area contributed by atoms with Gasteiger partial charge < -0.3 is 9.64 Å². The summed E-state index contributed by atoms with van der Waals surface area (Å²) in [4.78, 5) is 21.2. The minimum Gasteiger partial charge on any atom is -0.487 e. The van der Waals surface area contributed by atoms with Gasteiger partial charge in [-0.1, -0.05) is 13.8 Å². The minimum absolute atomic E-state index is 0.107. The molecule has 1 saturated heterocycles. The van der Waals surface area contributed by atoms with Gasteiger partial charge in [-0.3, -0.25) is 9.69 Å². The average Bonchev–Trinajstić information content (AvgIpc) is 3.13. The third-order valence-corrected chi connectivity index (χ3v) is 4.89. The van der Waals surface area contributed by atoms with Gasteiger partial charge in [0.05, 0.1) is 11.2 Å². The molecule has 0 radical (unpaired) electrons. The number of ether oxygens (including phenoxy) is 1. The second-order valence-electron chi connectivity index (χ2n) is 6.78. The van der Waals surface area contributed by atoms with E-state index in [4.69, 9.17) is 4.74 Å². The fourth-order valence-electron chi connectivity index (χ4n) is 2.99. The lowest BCUT2D eigenvalue weighted by atomic mass is 10.1. The molecule has 2 aromatic rings. The van der Waals surface area contributed by atoms with Gasteiger partial charge in [0.1, 0.15) is 12.4 Å². The molecule has 1 fully saturated rings. The van der Waals surface area contributed by atoms with Crippen LogP contribution in [-0.4, -0.2) is 53.4 Å². The molecule has 0 N–H and O–H groups in total. The van der Waals surface area contributed by atoms with Crippen molar-refractivity contribution in [2.45, 2.75) is 20.5 Å². The quantitative estimate of drug-likeness (QED) is 0.795. The maximum Gasteiger partial charge on any atom is 0.253 e. The van der Waals surface area contributed by atoms with E-state index in [1.807, 2.05) is 34.5 Å². The van der Waals surface area contributed by atoms with Crippen LogP contribution in [0.15, 0.2) is 35.2 Å². The summed E-state index contributed by atoms with van der Waals surface area (Å²) in [5.74, 6) is 1.53. The van der Waals surface area contributed by atoms with Gasteiger partial charge in [0.25, 0.3) is 5.91 Å². The Balaban J connectivity index is 1.51. The van der Waals surface area contributed by atoms with Crippen LogP contribution in [0.1, 0.15) is 29.9 Å². The van der Waals surface area contributed by atoms with E-state index in [0.29, 0.717) is 12.5 Å². The van der Waals surface area contributed by atoms with Gasteiger partial charge in [0.15, 0.2) is 0 Å². The summed E-state index contributed by atoms with van der Waals surface area (Å²) in [6.45, 7) is 9.53. The smallest absolute Gasteiger partial charge is 0.253 e. The molecule has 0 bridgehead atoms. The van der Waals surface area contributed by atoms with Crippen molar-refractivity contribution in [2.75, 3.05) is 32.7 Å². The van der Waals surface area contributed by atoms with E-state index in [2.05, 4.69) is 23.7 Å². The third kappa shape index (κ3) is 5.03. The molecule has 0 spiro atoms. The number of hydrogen-bond acceptors (Lipinski definition) is 5. The van der Waals surface area contributed by atoms with Crippen molar-refractivity contribution < 1.29 is 9.53 Å². The maximum atomic E-state index is 12.6. The molecule has 3 rings (SSSR count). The Hall–Kier alpha value is -1.92. The molecule has 1 aliphatic heterocycles. The van der Waals surface area contributed by atoms with Crippen molar-refractivity contribution >= 4 is 17.2 Å². The zero-order valence-corrected chi connectivity index (χ0v) is 15.7. The monoisotopic (exact) mass is 359 g/mol. The van der Waals surface area contributed by atoms with Gasteiger partial charge >= 0.3 is 0 Å². The molecule has 1 aliphatic rings. The Bertz CT molecular complexity index is 662. The first kappa shape index (κ1) is 17.9. The van der Waals surface area contributed by atoms with E-state index < -0.39 is 0 Å². The summed E-state index contributed by atoms with van der Waals surface area (Å²) in [7, 11) is 0. The average molecular weight is 359 g/mol. The van der Waals surface area contributed by atoms with Crippen LogP contribution in [0.3, 0.4) is 0 Å². The standard InChI is InChI=1S/C19H25N3O2S/c1-15(2)11-21-7-9-22(10-8-21)19(23)16-3-5-18(6-4-16)24-12-17-13-25-14-20-17/h3-6,13-15H,7-12H2,1-2H3. The molecule has 0 aliphatic carbocycles. The molecule has 0 unspecified atom stereocenters. The molecule has 25 heavy (non-hydrogen) atoms. The molecule has 1 aromatic heterocycles. The number of nitrogens with zero attached hydrogens (tertiary/aromatic N) is 3. The predicted octanol–water partition coefficient (Wildman–Crippen LogP) is 3.14. The van der Waals surface area contributed by atoms with Crippen molar-refractivity contribution in [1.82, 2.24) is 14.8 Å². The zero-order chi connectivity index (χ0) is 17.6. The summed E-state index contributed by atoms with van der Waals surface area (Å²) in [5, 5.41) is 1.97. The topological polar surface area (TPSA) is 45.7 Å². The molecule has 134 valence electrons. The first-order valence-electron chi connectivity index (χ1n) is 8.73. The first-order valence-corrected chi connectivity index (χ1v) is 9.67. The highest BCUT2D eigenvalue weighted by atomic mass is 32.1. The molecule has 5 nitrogen and oxygen atoms in total. The van der Waals surface area contributed by atoms with E-state index in [0.717, 1.165) is 49.7 Å². The Morgan fingerprint density at radius 2 is 1.92 bits per heavy atom. The Morgan fingerprint density at radius 3 is 2.52 bits per heavy atom. The van der Waals surface area contributed by atoms with E-state index in [1.165, 1.54) is 0 Å². The highest BCUT2D eigenvalue weighted by Crippen LogP contribution is 2.16. The van der Waals surface area contributed by atoms with Crippen LogP contribution in [0.25, 0.3) is 0 Å². The van der Waals surface area contributed by atoms with Crippen LogP contribution in [-0.2, 0) is 6.61 Å². The number of hydrogen-bond donors (Lipinski definition) is 0. The number of carbonyl (C=O) groups is 1. The molecule has 2 heterocycles. The highest BCUT2D eigenvalue weighted by molar-refractivity contribution is 7.07. The molecule has 1 amide bonds. The second-order valence-corrected chi connectivity index (χ2v) is 7.50. The molecule has 1 aromatic carbocycles. The van der Waals surface area contributed by atoms with Crippen LogP contribution in [0.2, 0.25) is 0 Å². The number of amides is 1. The number of rotatable bonds is 6. The maximum absolute atomic E-state index is 12.6. The lowest BCUT2D eigenvalue weighted by Gasteiger charge is -2.35. The minimum atomic E-state index is 0.107. The van der Waals surface area contributed by atoms with Crippen LogP contribution in [0.4, 0.5) is 0 Å². The van der Waals surface area contributed by atoms with Gasteiger partial charge in [-0.25, -0.2) is 4.98 Å². The van der Waals surface area contributed by atoms with Gasteiger partial charge in [0, 0.05) is 43.7 Å². The fraction of sp³-hybridized carbons (Fsp3) is 0.474. The molecular formula is C19H25N3O2S. The summed E-state index contributed by atoms with van der Waals surface area (Å²) >= 11 is 1.56. The summed E-state index contributed by atoms with van der Waals surface area (Å²) in [6, 6.07) is 7.40. The summed E-state index contributed by atoms with van der Waals surface area (Å²) in [6.07, 6.45) is 0. The predicted molar refractivity (Wildman–Crippen MR) is 100 cm³/mol. The SMILES string of the molecule is CC(C)CN1CCN(C(=O)c2ccc(OCc3cscn3)cc2)CC1. The van der Waals surface area contributed by atoms with Crippen LogP contribution < -0.4 is 4.74 Å². The lowest BCUT2D eigenvalue weighted by Crippen LogP contribution is -2.49. The van der Waals surface area contributed by atoms with E-state index >= 15 is 0 Å². The van der Waals surface area contributed by atoms with Gasteiger partial charge in [-0.05, 0) is 30.2 Å². The zero-order valence-electron chi connectivity index (χ0n) is 14.9. The number of thiazole rings is 1. The normalized spacial score (nSPS) is 15.6. The summed E-state index contributed by atoms with van der Waals surface area (Å²) in [5.41, 5.74) is 3.43. The summed E-state index contributed by atoms with van der Waals surface area (Å²) < 4.78 is 5.69. The highest BCUT2D eigenvalue weighted by Gasteiger charge is 2.22. The van der Waals surface area contributed by atoms with Crippen LogP contribution >= 0.6 is 11.3 Å². The Labute approximate surface area is 153 Å². The fourth-order valence-corrected chi connectivity index (χ4v) is 3.54. The third-order valence-electron chi connectivity index (χ3n) is 4.25. The van der Waals surface area contributed by atoms with E-state index in [9.17, 15) is 4.79 Å². The Kier molecular flexibility index (Phi) is 6.04. The number of aromatic nitrogens is 1. The van der Waals surface area contributed by atoms with Crippen molar-refractivity contribution in [1.29, 1.82) is 0 Å². The van der Waals surface area contributed by atoms with Gasteiger partial charge in [-0.15, -0.1) is 11.3 Å². The first-order chi connectivity index (χ1) is 12.1. The molecule has 0 atom stereocenters. The van der Waals surface area contributed by atoms with Crippen molar-refractivity contribution in [2.24, 2.45) is 5.92 Å². The van der Waals surface area contributed by atoms with Gasteiger partial charge in [0.2, 0.25) is 0 Å². The van der Waals surface area contributed by atoms with E-state index in [1.54, 1.807) is 16.8 Å². The number of carbonyl (C=O) groups excluding carboxylic acids is 1. The number of piperazine rings is 1. The molecule has 0 saturated carbocycles. The van der Waals surface area contributed by atoms with Crippen molar-refractivity contribution in [3.05, 3.63) is 46.4 Å². The van der Waals surface area contributed by atoms with Crippen LogP contribution in [0, 0.1) is 5.92 Å². The van der Waals surface area contributed by atoms with Gasteiger partial charge in [-0.2, -0.15) is 0 Å². The molecule has 6 heteroatoms. The molecular weight excluding hydrogens is 334 g/mol. The Morgan fingerprint density at radius 1 is 1.20 bits per heavy atom. The van der Waals surface area contributed by atoms with E-state index in [-0.39, 0.29) is 5.91 Å². The largest absolute Gasteiger partial charge is 0.487 e. The number of benzene rings is 1.